The fraction of sp³-hybridized carbons (Fsp3) is 0.375. The number of aliphatic carboxylic acids is 1. The number of hydrogen-bond donors (Lipinski definition) is 1. The van der Waals surface area contributed by atoms with Crippen molar-refractivity contribution < 1.29 is 14.7 Å². The molecule has 1 rings (SSSR count). The van der Waals surface area contributed by atoms with Crippen LogP contribution in [0.5, 0.6) is 0 Å². The molecule has 1 N–H and O–H groups in total. The minimum absolute atomic E-state index is 0.162. The molecule has 4 heteroatoms. The van der Waals surface area contributed by atoms with Gasteiger partial charge in [0.05, 0.1) is 0 Å². The third-order valence-electron chi connectivity index (χ3n) is 3.26. The van der Waals surface area contributed by atoms with Crippen LogP contribution < -0.4 is 0 Å². The predicted octanol–water partition coefficient (Wildman–Crippen LogP) is 2.50. The van der Waals surface area contributed by atoms with Crippen LogP contribution in [0.25, 0.3) is 0 Å². The van der Waals surface area contributed by atoms with Crippen molar-refractivity contribution in [2.45, 2.75) is 31.7 Å². The maximum absolute atomic E-state index is 11.9. The highest BCUT2D eigenvalue weighted by atomic mass is 16.4. The Hall–Kier alpha value is -2.10. The van der Waals surface area contributed by atoms with Gasteiger partial charge in [0.25, 0.3) is 0 Å². The van der Waals surface area contributed by atoms with Crippen LogP contribution in [0.1, 0.15) is 24.8 Å². The largest absolute Gasteiger partial charge is 0.480 e. The summed E-state index contributed by atoms with van der Waals surface area (Å²) in [6.45, 7) is 3.56. The number of hydrogen-bond acceptors (Lipinski definition) is 2. The van der Waals surface area contributed by atoms with E-state index in [1.165, 1.54) is 4.90 Å². The maximum atomic E-state index is 11.9. The number of carboxylic acid groups (broad SMARTS) is 1. The lowest BCUT2D eigenvalue weighted by atomic mass is 10.0. The van der Waals surface area contributed by atoms with Crippen LogP contribution in [0.2, 0.25) is 0 Å². The minimum atomic E-state index is -0.963. The first-order valence-electron chi connectivity index (χ1n) is 6.69. The molecular weight excluding hydrogens is 254 g/mol. The molecule has 4 nitrogen and oxygen atoms in total. The predicted molar refractivity (Wildman–Crippen MR) is 78.4 cm³/mol. The molecule has 20 heavy (non-hydrogen) atoms. The van der Waals surface area contributed by atoms with Crippen LogP contribution in [-0.4, -0.2) is 35.0 Å². The zero-order chi connectivity index (χ0) is 15.0. The standard InChI is InChI=1S/C16H21NO3/c1-3-4-10-15(18)17(2)14(16(19)20)12-11-13-8-6-5-7-9-13/h3,5-9,14H,1,4,10-12H2,2H3,(H,19,20)/t14-/m0/s1. The van der Waals surface area contributed by atoms with Crippen molar-refractivity contribution >= 4 is 11.9 Å². The van der Waals surface area contributed by atoms with E-state index >= 15 is 0 Å². The lowest BCUT2D eigenvalue weighted by Crippen LogP contribution is -2.42. The zero-order valence-electron chi connectivity index (χ0n) is 11.8. The average Bonchev–Trinajstić information content (AvgIpc) is 2.45. The van der Waals surface area contributed by atoms with Gasteiger partial charge in [-0.15, -0.1) is 6.58 Å². The van der Waals surface area contributed by atoms with Gasteiger partial charge >= 0.3 is 5.97 Å². The van der Waals surface area contributed by atoms with Crippen molar-refractivity contribution in [3.05, 3.63) is 48.6 Å². The first kappa shape index (κ1) is 16.0. The van der Waals surface area contributed by atoms with Gasteiger partial charge in [0.15, 0.2) is 0 Å². The maximum Gasteiger partial charge on any atom is 0.326 e. The fourth-order valence-corrected chi connectivity index (χ4v) is 2.01. The second-order valence-electron chi connectivity index (χ2n) is 4.71. The molecule has 0 fully saturated rings. The van der Waals surface area contributed by atoms with Gasteiger partial charge in [0, 0.05) is 13.5 Å². The van der Waals surface area contributed by atoms with Crippen LogP contribution in [0.4, 0.5) is 0 Å². The van der Waals surface area contributed by atoms with Gasteiger partial charge in [-0.05, 0) is 24.8 Å². The highest BCUT2D eigenvalue weighted by Gasteiger charge is 2.25. The van der Waals surface area contributed by atoms with Crippen LogP contribution >= 0.6 is 0 Å². The molecule has 0 bridgehead atoms. The lowest BCUT2D eigenvalue weighted by molar-refractivity contribution is -0.149. The first-order chi connectivity index (χ1) is 9.56. The average molecular weight is 275 g/mol. The molecule has 0 radical (unpaired) electrons. The Balaban J connectivity index is 2.62. The SMILES string of the molecule is C=CCCC(=O)N(C)[C@@H](CCc1ccccc1)C(=O)O. The monoisotopic (exact) mass is 275 g/mol. The second-order valence-corrected chi connectivity index (χ2v) is 4.71. The van der Waals surface area contributed by atoms with Crippen molar-refractivity contribution in [3.8, 4) is 0 Å². The number of carbonyl (C=O) groups is 2. The van der Waals surface area contributed by atoms with Crippen LogP contribution in [-0.2, 0) is 16.0 Å². The Morgan fingerprint density at radius 3 is 2.55 bits per heavy atom. The van der Waals surface area contributed by atoms with Gasteiger partial charge in [0.1, 0.15) is 6.04 Å². The highest BCUT2D eigenvalue weighted by molar-refractivity contribution is 5.83. The minimum Gasteiger partial charge on any atom is -0.480 e. The van der Waals surface area contributed by atoms with E-state index in [1.54, 1.807) is 13.1 Å². The van der Waals surface area contributed by atoms with Crippen molar-refractivity contribution in [2.75, 3.05) is 7.05 Å². The van der Waals surface area contributed by atoms with Gasteiger partial charge in [-0.1, -0.05) is 36.4 Å². The number of nitrogens with zero attached hydrogens (tertiary/aromatic N) is 1. The summed E-state index contributed by atoms with van der Waals surface area (Å²) in [5.41, 5.74) is 1.07. The van der Waals surface area contributed by atoms with E-state index in [0.717, 1.165) is 5.56 Å². The molecule has 1 aromatic rings. The van der Waals surface area contributed by atoms with E-state index in [9.17, 15) is 14.7 Å². The quantitative estimate of drug-likeness (QED) is 0.742. The molecule has 108 valence electrons. The number of carbonyl (C=O) groups excluding carboxylic acids is 1. The van der Waals surface area contributed by atoms with Gasteiger partial charge in [-0.3, -0.25) is 4.79 Å². The van der Waals surface area contributed by atoms with E-state index in [-0.39, 0.29) is 5.91 Å². The summed E-state index contributed by atoms with van der Waals surface area (Å²) >= 11 is 0. The number of rotatable bonds is 8. The fourth-order valence-electron chi connectivity index (χ4n) is 2.01. The Bertz CT molecular complexity index is 456. The molecule has 0 unspecified atom stereocenters. The van der Waals surface area contributed by atoms with Crippen LogP contribution in [0, 0.1) is 0 Å². The summed E-state index contributed by atoms with van der Waals surface area (Å²) in [7, 11) is 1.55. The van der Waals surface area contributed by atoms with Gasteiger partial charge < -0.3 is 10.0 Å². The van der Waals surface area contributed by atoms with E-state index in [2.05, 4.69) is 6.58 Å². The molecule has 0 aliphatic rings. The van der Waals surface area contributed by atoms with Crippen molar-refractivity contribution in [2.24, 2.45) is 0 Å². The molecule has 1 atom stereocenters. The van der Waals surface area contributed by atoms with Crippen molar-refractivity contribution in [1.29, 1.82) is 0 Å². The third-order valence-corrected chi connectivity index (χ3v) is 3.26. The van der Waals surface area contributed by atoms with Crippen molar-refractivity contribution in [3.63, 3.8) is 0 Å². The summed E-state index contributed by atoms with van der Waals surface area (Å²) in [6.07, 6.45) is 3.57. The summed E-state index contributed by atoms with van der Waals surface area (Å²) in [6, 6.07) is 8.89. The Morgan fingerprint density at radius 1 is 1.35 bits per heavy atom. The summed E-state index contributed by atoms with van der Waals surface area (Å²) < 4.78 is 0. The van der Waals surface area contributed by atoms with E-state index in [1.807, 2.05) is 30.3 Å². The molecule has 0 heterocycles. The van der Waals surface area contributed by atoms with Crippen LogP contribution in [0.15, 0.2) is 43.0 Å². The number of benzene rings is 1. The van der Waals surface area contributed by atoms with E-state index in [0.29, 0.717) is 25.7 Å². The Labute approximate surface area is 119 Å². The van der Waals surface area contributed by atoms with Gasteiger partial charge in [-0.25, -0.2) is 4.79 Å². The molecule has 0 saturated heterocycles. The zero-order valence-corrected chi connectivity index (χ0v) is 11.8. The second kappa shape index (κ2) is 8.15. The molecule has 0 aromatic heterocycles. The lowest BCUT2D eigenvalue weighted by Gasteiger charge is -2.24. The third kappa shape index (κ3) is 4.88. The Kier molecular flexibility index (Phi) is 6.50. The number of amides is 1. The summed E-state index contributed by atoms with van der Waals surface area (Å²) in [4.78, 5) is 24.5. The smallest absolute Gasteiger partial charge is 0.326 e. The molecule has 1 aromatic carbocycles. The highest BCUT2D eigenvalue weighted by Crippen LogP contribution is 2.11. The topological polar surface area (TPSA) is 57.6 Å². The number of likely N-dealkylation sites (N-methyl/N-ethyl adjacent to an activating group) is 1. The van der Waals surface area contributed by atoms with Gasteiger partial charge in [-0.2, -0.15) is 0 Å². The molecule has 0 spiro atoms. The molecule has 0 aliphatic carbocycles. The van der Waals surface area contributed by atoms with E-state index < -0.39 is 12.0 Å². The normalized spacial score (nSPS) is 11.7. The summed E-state index contributed by atoms with van der Waals surface area (Å²) in [5.74, 6) is -1.12. The van der Waals surface area contributed by atoms with Gasteiger partial charge in [0.2, 0.25) is 5.91 Å². The molecule has 0 aliphatic heterocycles. The first-order valence-corrected chi connectivity index (χ1v) is 6.69. The number of aryl methyl sites for hydroxylation is 1. The van der Waals surface area contributed by atoms with Crippen LogP contribution in [0.3, 0.4) is 0 Å². The van der Waals surface area contributed by atoms with Crippen molar-refractivity contribution in [1.82, 2.24) is 4.90 Å². The number of allylic oxidation sites excluding steroid dienone is 1. The summed E-state index contributed by atoms with van der Waals surface area (Å²) in [5, 5.41) is 9.28. The molecule has 0 saturated carbocycles. The molecule has 1 amide bonds. The Morgan fingerprint density at radius 2 is 2.00 bits per heavy atom. The number of carboxylic acids is 1. The van der Waals surface area contributed by atoms with E-state index in [4.69, 9.17) is 0 Å². The molecular formula is C16H21NO3.